The van der Waals surface area contributed by atoms with Gasteiger partial charge in [0.2, 0.25) is 0 Å². The average Bonchev–Trinajstić information content (AvgIpc) is 3.45. The summed E-state index contributed by atoms with van der Waals surface area (Å²) in [6, 6.07) is 16.4. The summed E-state index contributed by atoms with van der Waals surface area (Å²) < 4.78 is 2.03. The summed E-state index contributed by atoms with van der Waals surface area (Å²) in [5, 5.41) is 32.6. The fourth-order valence-corrected chi connectivity index (χ4v) is 4.41. The van der Waals surface area contributed by atoms with E-state index in [1.807, 2.05) is 68.5 Å². The number of aromatic nitrogens is 2. The number of hydrogen-bond donors (Lipinski definition) is 1. The number of allylic oxidation sites excluding steroid dienone is 4. The number of H-pyrrole nitrogens is 1. The Morgan fingerprint density at radius 3 is 2.25 bits per heavy atom. The lowest BCUT2D eigenvalue weighted by atomic mass is 9.57. The monoisotopic (exact) mass is 470 g/mol. The van der Waals surface area contributed by atoms with E-state index in [4.69, 9.17) is 0 Å². The summed E-state index contributed by atoms with van der Waals surface area (Å²) in [5.41, 5.74) is 4.85. The predicted octanol–water partition coefficient (Wildman–Crippen LogP) is 4.28. The van der Waals surface area contributed by atoms with Crippen molar-refractivity contribution in [1.82, 2.24) is 9.46 Å². The molecule has 0 atom stereocenters. The van der Waals surface area contributed by atoms with Crippen molar-refractivity contribution in [1.29, 1.82) is 15.8 Å². The van der Waals surface area contributed by atoms with Gasteiger partial charge in [0.05, 0.1) is 28.0 Å². The first-order chi connectivity index (χ1) is 17.4. The summed E-state index contributed by atoms with van der Waals surface area (Å²) >= 11 is 0. The van der Waals surface area contributed by atoms with Crippen LogP contribution in [0, 0.1) is 34.0 Å². The Balaban J connectivity index is 2.81. The Morgan fingerprint density at radius 1 is 1.03 bits per heavy atom. The highest BCUT2D eigenvalue weighted by Crippen LogP contribution is 2.29. The maximum Gasteiger partial charge on any atom is 0.290 e. The molecule has 0 spiro atoms. The third-order valence-corrected chi connectivity index (χ3v) is 6.29. The standard InChI is InChI=1S/C29H27BN6/c1-7-14-34-18-21(5)28-24-25(26(19(3)8-2)35-27(24)20(4)15-31)29(22(16-32)17-33)36(28)30(6)23-12-10-9-11-13-23/h7-14,18,35H,1H2,2-6H3/b19-8+,21-18+,27-20-,34-14-. The van der Waals surface area contributed by atoms with Gasteiger partial charge >= 0.3 is 0 Å². The van der Waals surface area contributed by atoms with Gasteiger partial charge in [0.15, 0.2) is 5.57 Å². The summed E-state index contributed by atoms with van der Waals surface area (Å²) in [6.07, 6.45) is 6.88. The molecule has 0 saturated carbocycles. The summed E-state index contributed by atoms with van der Waals surface area (Å²) in [5.74, 6) is 0. The van der Waals surface area contributed by atoms with Gasteiger partial charge in [-0.25, -0.2) is 0 Å². The van der Waals surface area contributed by atoms with Crippen molar-refractivity contribution >= 4 is 51.6 Å². The molecule has 1 aromatic carbocycles. The molecule has 0 amide bonds. The highest BCUT2D eigenvalue weighted by Gasteiger charge is 2.28. The molecule has 3 rings (SSSR count). The Kier molecular flexibility index (Phi) is 7.95. The third-order valence-electron chi connectivity index (χ3n) is 6.29. The number of fused-ring (bicyclic) bond motifs is 1. The Hall–Kier alpha value is -4.80. The highest BCUT2D eigenvalue weighted by atomic mass is 14.9. The molecule has 0 aliphatic rings. The first kappa shape index (κ1) is 25.8. The van der Waals surface area contributed by atoms with Crippen LogP contribution >= 0.6 is 0 Å². The first-order valence-electron chi connectivity index (χ1n) is 11.6. The maximum absolute atomic E-state index is 10.0. The van der Waals surface area contributed by atoms with Crippen LogP contribution in [-0.2, 0) is 0 Å². The van der Waals surface area contributed by atoms with Crippen molar-refractivity contribution in [2.75, 3.05) is 0 Å². The van der Waals surface area contributed by atoms with Gasteiger partial charge in [-0.1, -0.05) is 61.3 Å². The number of nitrogens with zero attached hydrogens (tertiary/aromatic N) is 5. The lowest BCUT2D eigenvalue weighted by Crippen LogP contribution is -2.42. The zero-order valence-electron chi connectivity index (χ0n) is 21.2. The Morgan fingerprint density at radius 2 is 1.69 bits per heavy atom. The fourth-order valence-electron chi connectivity index (χ4n) is 4.41. The molecule has 3 aromatic rings. The molecular weight excluding hydrogens is 443 g/mol. The zero-order valence-corrected chi connectivity index (χ0v) is 21.2. The van der Waals surface area contributed by atoms with Crippen molar-refractivity contribution in [2.24, 2.45) is 4.99 Å². The molecular formula is C29H27BN6. The van der Waals surface area contributed by atoms with Gasteiger partial charge in [0.25, 0.3) is 6.85 Å². The Bertz CT molecular complexity index is 1660. The molecule has 0 aliphatic carbocycles. The van der Waals surface area contributed by atoms with Crippen LogP contribution in [0.25, 0.3) is 33.1 Å². The molecule has 2 heterocycles. The largest absolute Gasteiger partial charge is 0.379 e. The van der Waals surface area contributed by atoms with Crippen LogP contribution in [0.1, 0.15) is 39.1 Å². The van der Waals surface area contributed by atoms with Gasteiger partial charge in [-0.2, -0.15) is 15.8 Å². The van der Waals surface area contributed by atoms with E-state index in [9.17, 15) is 15.8 Å². The number of nitriles is 3. The molecule has 176 valence electrons. The summed E-state index contributed by atoms with van der Waals surface area (Å²) in [4.78, 5) is 7.77. The molecule has 2 aromatic heterocycles. The van der Waals surface area contributed by atoms with Crippen LogP contribution in [0.5, 0.6) is 0 Å². The van der Waals surface area contributed by atoms with E-state index in [-0.39, 0.29) is 12.4 Å². The molecule has 0 unspecified atom stereocenters. The molecule has 7 heteroatoms. The van der Waals surface area contributed by atoms with Crippen LogP contribution in [0.3, 0.4) is 0 Å². The Labute approximate surface area is 211 Å². The summed E-state index contributed by atoms with van der Waals surface area (Å²) in [6.45, 7) is 13.1. The van der Waals surface area contributed by atoms with Crippen LogP contribution in [0.2, 0.25) is 6.82 Å². The van der Waals surface area contributed by atoms with Crippen molar-refractivity contribution in [3.63, 3.8) is 0 Å². The second kappa shape index (κ2) is 11.1. The smallest absolute Gasteiger partial charge is 0.290 e. The second-order valence-corrected chi connectivity index (χ2v) is 8.43. The maximum atomic E-state index is 10.0. The molecule has 0 bridgehead atoms. The second-order valence-electron chi connectivity index (χ2n) is 8.43. The van der Waals surface area contributed by atoms with Crippen LogP contribution in [0.4, 0.5) is 0 Å². The van der Waals surface area contributed by atoms with Gasteiger partial charge in [-0.05, 0) is 38.8 Å². The molecule has 0 aliphatic heterocycles. The minimum Gasteiger partial charge on any atom is -0.379 e. The number of benzene rings is 1. The van der Waals surface area contributed by atoms with E-state index in [2.05, 4.69) is 34.8 Å². The van der Waals surface area contributed by atoms with Crippen molar-refractivity contribution in [2.45, 2.75) is 34.5 Å². The number of hydrogen-bond acceptors (Lipinski definition) is 4. The minimum atomic E-state index is -0.221. The van der Waals surface area contributed by atoms with Gasteiger partial charge in [0, 0.05) is 28.9 Å². The molecule has 0 radical (unpaired) electrons. The number of rotatable bonds is 6. The molecule has 1 N–H and O–H groups in total. The zero-order chi connectivity index (χ0) is 26.4. The van der Waals surface area contributed by atoms with Gasteiger partial charge in [-0.15, -0.1) is 0 Å². The van der Waals surface area contributed by atoms with Crippen molar-refractivity contribution in [3.05, 3.63) is 77.3 Å². The topological polar surface area (TPSA) is 104 Å². The normalized spacial score (nSPS) is 12.7. The first-order valence-corrected chi connectivity index (χ1v) is 11.6. The van der Waals surface area contributed by atoms with Crippen molar-refractivity contribution < 1.29 is 0 Å². The number of aliphatic imine (C=N–C) groups is 1. The average molecular weight is 470 g/mol. The molecule has 36 heavy (non-hydrogen) atoms. The SMILES string of the molecule is C=C/C=N\C=C(/C)c1c2/c(=C(\C)C#N)[nH]c(/C(C)=C/C)c2c(=C(C#N)C#N)n1B(C)c1ccccc1. The minimum absolute atomic E-state index is 0.00161. The molecule has 0 fully saturated rings. The van der Waals surface area contributed by atoms with E-state index in [1.54, 1.807) is 25.4 Å². The van der Waals surface area contributed by atoms with Crippen molar-refractivity contribution in [3.8, 4) is 18.2 Å². The number of aromatic amines is 1. The quantitative estimate of drug-likeness (QED) is 0.430. The predicted molar refractivity (Wildman–Crippen MR) is 150 cm³/mol. The van der Waals surface area contributed by atoms with E-state index in [0.29, 0.717) is 16.3 Å². The lowest BCUT2D eigenvalue weighted by Gasteiger charge is -2.17. The van der Waals surface area contributed by atoms with Crippen LogP contribution in [-0.4, -0.2) is 22.5 Å². The van der Waals surface area contributed by atoms with E-state index in [1.165, 1.54) is 0 Å². The van der Waals surface area contributed by atoms with E-state index < -0.39 is 0 Å². The van der Waals surface area contributed by atoms with Gasteiger partial charge in [-0.3, -0.25) is 4.99 Å². The van der Waals surface area contributed by atoms with Gasteiger partial charge < -0.3 is 9.46 Å². The van der Waals surface area contributed by atoms with Crippen LogP contribution < -0.4 is 16.2 Å². The molecule has 6 nitrogen and oxygen atoms in total. The molecule has 0 saturated heterocycles. The van der Waals surface area contributed by atoms with E-state index >= 15 is 0 Å². The number of nitrogens with one attached hydrogen (secondary N) is 1. The highest BCUT2D eigenvalue weighted by molar-refractivity contribution is 6.71. The fraction of sp³-hybridized carbons (Fsp3) is 0.172. The van der Waals surface area contributed by atoms with E-state index in [0.717, 1.165) is 38.8 Å². The third kappa shape index (κ3) is 4.46. The van der Waals surface area contributed by atoms with Crippen LogP contribution in [0.15, 0.2) is 60.3 Å². The summed E-state index contributed by atoms with van der Waals surface area (Å²) in [7, 11) is 0. The lowest BCUT2D eigenvalue weighted by molar-refractivity contribution is 1.11. The van der Waals surface area contributed by atoms with Gasteiger partial charge in [0.1, 0.15) is 12.1 Å².